The lowest BCUT2D eigenvalue weighted by atomic mass is 10.1. The molecule has 0 spiro atoms. The van der Waals surface area contributed by atoms with Crippen LogP contribution in [0.2, 0.25) is 10.0 Å². The maximum Gasteiger partial charge on any atom is 0.230 e. The summed E-state index contributed by atoms with van der Waals surface area (Å²) in [5.74, 6) is 0.166. The fourth-order valence-electron chi connectivity index (χ4n) is 2.91. The van der Waals surface area contributed by atoms with Crippen molar-refractivity contribution in [3.8, 4) is 0 Å². The fourth-order valence-corrected chi connectivity index (χ4v) is 4.22. The number of carbonyl (C=O) groups excluding carboxylic acids is 1. The molecule has 148 valence electrons. The number of aromatic nitrogens is 2. The molecule has 1 aromatic heterocycles. The summed E-state index contributed by atoms with van der Waals surface area (Å²) >= 11 is 13.7. The van der Waals surface area contributed by atoms with Crippen LogP contribution in [0.3, 0.4) is 0 Å². The van der Waals surface area contributed by atoms with E-state index in [4.69, 9.17) is 27.9 Å². The minimum Gasteiger partial charge on any atom is -0.383 e. The number of nitrogens with zero attached hydrogens (tertiary/aromatic N) is 2. The zero-order chi connectivity index (χ0) is 20.1. The highest BCUT2D eigenvalue weighted by molar-refractivity contribution is 7.99. The van der Waals surface area contributed by atoms with Gasteiger partial charge in [-0.05, 0) is 36.8 Å². The Morgan fingerprint density at radius 1 is 1.29 bits per heavy atom. The topological polar surface area (TPSA) is 56.1 Å². The molecule has 1 unspecified atom stereocenters. The number of nitrogens with one attached hydrogen (secondary N) is 1. The molecule has 0 saturated carbocycles. The van der Waals surface area contributed by atoms with Crippen molar-refractivity contribution in [2.45, 2.75) is 24.7 Å². The summed E-state index contributed by atoms with van der Waals surface area (Å²) in [6.45, 7) is 3.12. The Morgan fingerprint density at radius 3 is 2.82 bits per heavy atom. The highest BCUT2D eigenvalue weighted by Crippen LogP contribution is 2.27. The number of halogens is 2. The summed E-state index contributed by atoms with van der Waals surface area (Å²) < 4.78 is 7.25. The Morgan fingerprint density at radius 2 is 2.07 bits per heavy atom. The van der Waals surface area contributed by atoms with Gasteiger partial charge in [-0.3, -0.25) is 4.79 Å². The van der Waals surface area contributed by atoms with Crippen LogP contribution in [0.25, 0.3) is 11.0 Å². The second-order valence-electron chi connectivity index (χ2n) is 6.27. The monoisotopic (exact) mass is 437 g/mol. The zero-order valence-electron chi connectivity index (χ0n) is 15.6. The summed E-state index contributed by atoms with van der Waals surface area (Å²) in [4.78, 5) is 17.1. The van der Waals surface area contributed by atoms with Crippen molar-refractivity contribution in [3.63, 3.8) is 0 Å². The van der Waals surface area contributed by atoms with Crippen LogP contribution in [0.4, 0.5) is 0 Å². The lowest BCUT2D eigenvalue weighted by Crippen LogP contribution is -2.28. The van der Waals surface area contributed by atoms with E-state index in [9.17, 15) is 4.79 Å². The van der Waals surface area contributed by atoms with Gasteiger partial charge in [-0.25, -0.2) is 4.98 Å². The van der Waals surface area contributed by atoms with Crippen molar-refractivity contribution < 1.29 is 9.53 Å². The molecule has 1 amide bonds. The third-order valence-electron chi connectivity index (χ3n) is 4.28. The lowest BCUT2D eigenvalue weighted by Gasteiger charge is -2.15. The smallest absolute Gasteiger partial charge is 0.230 e. The van der Waals surface area contributed by atoms with Crippen LogP contribution in [0.5, 0.6) is 0 Å². The maximum atomic E-state index is 12.4. The van der Waals surface area contributed by atoms with Crippen molar-refractivity contribution in [1.29, 1.82) is 0 Å². The molecule has 0 aliphatic heterocycles. The molecule has 0 aliphatic carbocycles. The quantitative estimate of drug-likeness (QED) is 0.505. The van der Waals surface area contributed by atoms with Gasteiger partial charge in [-0.15, -0.1) is 0 Å². The van der Waals surface area contributed by atoms with Crippen molar-refractivity contribution in [2.24, 2.45) is 0 Å². The van der Waals surface area contributed by atoms with Gasteiger partial charge >= 0.3 is 0 Å². The van der Waals surface area contributed by atoms with Gasteiger partial charge in [0.2, 0.25) is 5.91 Å². The molecule has 0 saturated heterocycles. The molecule has 3 aromatic rings. The minimum atomic E-state index is -0.173. The van der Waals surface area contributed by atoms with Gasteiger partial charge in [0.25, 0.3) is 0 Å². The number of imidazole rings is 1. The molecule has 2 aromatic carbocycles. The Labute approximate surface area is 178 Å². The van der Waals surface area contributed by atoms with E-state index in [0.29, 0.717) is 23.2 Å². The minimum absolute atomic E-state index is 0.0826. The van der Waals surface area contributed by atoms with E-state index in [1.54, 1.807) is 7.11 Å². The molecular formula is C20H21Cl2N3O2S. The Bertz CT molecular complexity index is 977. The van der Waals surface area contributed by atoms with E-state index >= 15 is 0 Å². The number of hydrogen-bond donors (Lipinski definition) is 1. The molecule has 3 rings (SSSR count). The molecule has 0 bridgehead atoms. The third-order valence-corrected chi connectivity index (χ3v) is 5.83. The second-order valence-corrected chi connectivity index (χ2v) is 8.06. The second kappa shape index (κ2) is 9.65. The van der Waals surface area contributed by atoms with Crippen molar-refractivity contribution in [3.05, 3.63) is 58.1 Å². The molecule has 0 radical (unpaired) electrons. The number of ether oxygens (including phenoxy) is 1. The number of thioether (sulfide) groups is 1. The van der Waals surface area contributed by atoms with Gasteiger partial charge in [0, 0.05) is 23.7 Å². The first-order valence-corrected chi connectivity index (χ1v) is 10.5. The number of methoxy groups -OCH3 is 1. The summed E-state index contributed by atoms with van der Waals surface area (Å²) in [5.41, 5.74) is 2.66. The van der Waals surface area contributed by atoms with Gasteiger partial charge in [-0.1, -0.05) is 53.2 Å². The first-order chi connectivity index (χ1) is 13.5. The predicted octanol–water partition coefficient (Wildman–Crippen LogP) is 4.96. The fraction of sp³-hybridized carbons (Fsp3) is 0.300. The summed E-state index contributed by atoms with van der Waals surface area (Å²) in [5, 5.41) is 5.02. The highest BCUT2D eigenvalue weighted by atomic mass is 35.5. The van der Waals surface area contributed by atoms with Gasteiger partial charge in [0.1, 0.15) is 0 Å². The van der Waals surface area contributed by atoms with Crippen molar-refractivity contribution in [1.82, 2.24) is 14.9 Å². The van der Waals surface area contributed by atoms with E-state index in [1.165, 1.54) is 11.8 Å². The van der Waals surface area contributed by atoms with Crippen molar-refractivity contribution >= 4 is 51.9 Å². The lowest BCUT2D eigenvalue weighted by molar-refractivity contribution is -0.119. The highest BCUT2D eigenvalue weighted by Gasteiger charge is 2.16. The Kier molecular flexibility index (Phi) is 7.24. The molecule has 0 aliphatic rings. The number of amides is 1. The maximum absolute atomic E-state index is 12.4. The molecule has 0 fully saturated rings. The van der Waals surface area contributed by atoms with Gasteiger partial charge in [0.05, 0.1) is 29.4 Å². The average Bonchev–Trinajstić information content (AvgIpc) is 3.01. The Hall–Kier alpha value is -1.73. The number of rotatable bonds is 8. The number of benzene rings is 2. The molecular weight excluding hydrogens is 417 g/mol. The third kappa shape index (κ3) is 5.00. The van der Waals surface area contributed by atoms with Crippen LogP contribution < -0.4 is 5.32 Å². The van der Waals surface area contributed by atoms with Crippen LogP contribution in [0, 0.1) is 0 Å². The average molecular weight is 438 g/mol. The first kappa shape index (κ1) is 21.0. The summed E-state index contributed by atoms with van der Waals surface area (Å²) in [6.07, 6.45) is 0. The standard InChI is InChI=1S/C20H21Cl2N3O2S/c1-13(15-5-3-4-6-16(15)22)23-19(26)12-28-20-24-17-11-14(21)7-8-18(17)25(20)9-10-27-2/h3-8,11,13H,9-10,12H2,1-2H3,(H,23,26). The molecule has 28 heavy (non-hydrogen) atoms. The zero-order valence-corrected chi connectivity index (χ0v) is 17.9. The number of fused-ring (bicyclic) bond motifs is 1. The Balaban J connectivity index is 1.70. The molecule has 1 N–H and O–H groups in total. The molecule has 1 atom stereocenters. The molecule has 1 heterocycles. The predicted molar refractivity (Wildman–Crippen MR) is 115 cm³/mol. The SMILES string of the molecule is COCCn1c(SCC(=O)NC(C)c2ccccc2Cl)nc2cc(Cl)ccc21. The van der Waals surface area contributed by atoms with E-state index < -0.39 is 0 Å². The van der Waals surface area contributed by atoms with Gasteiger partial charge in [-0.2, -0.15) is 0 Å². The van der Waals surface area contributed by atoms with Crippen LogP contribution in [0.15, 0.2) is 47.6 Å². The largest absolute Gasteiger partial charge is 0.383 e. The number of carbonyl (C=O) groups is 1. The number of hydrogen-bond acceptors (Lipinski definition) is 4. The van der Waals surface area contributed by atoms with Crippen molar-refractivity contribution in [2.75, 3.05) is 19.5 Å². The van der Waals surface area contributed by atoms with E-state index in [0.717, 1.165) is 21.8 Å². The van der Waals surface area contributed by atoms with E-state index in [-0.39, 0.29) is 17.7 Å². The van der Waals surface area contributed by atoms with Crippen LogP contribution in [0.1, 0.15) is 18.5 Å². The normalized spacial score (nSPS) is 12.3. The molecule has 5 nitrogen and oxygen atoms in total. The summed E-state index contributed by atoms with van der Waals surface area (Å²) in [7, 11) is 1.66. The van der Waals surface area contributed by atoms with Crippen LogP contribution in [-0.2, 0) is 16.1 Å². The van der Waals surface area contributed by atoms with E-state index in [1.807, 2.05) is 54.0 Å². The van der Waals surface area contributed by atoms with E-state index in [2.05, 4.69) is 10.3 Å². The van der Waals surface area contributed by atoms with Crippen LogP contribution in [-0.4, -0.2) is 34.9 Å². The molecule has 8 heteroatoms. The van der Waals surface area contributed by atoms with Gasteiger partial charge in [0.15, 0.2) is 5.16 Å². The summed E-state index contributed by atoms with van der Waals surface area (Å²) in [6, 6.07) is 12.9. The van der Waals surface area contributed by atoms with Crippen LogP contribution >= 0.6 is 35.0 Å². The van der Waals surface area contributed by atoms with Gasteiger partial charge < -0.3 is 14.6 Å². The first-order valence-electron chi connectivity index (χ1n) is 8.81.